The summed E-state index contributed by atoms with van der Waals surface area (Å²) in [7, 11) is 0. The molecule has 0 heterocycles. The molecule has 0 bridgehead atoms. The van der Waals surface area contributed by atoms with Crippen molar-refractivity contribution in [2.45, 2.75) is 37.6 Å². The van der Waals surface area contributed by atoms with Crippen LogP contribution in [0.2, 0.25) is 0 Å². The van der Waals surface area contributed by atoms with Crippen molar-refractivity contribution in [3.8, 4) is 0 Å². The summed E-state index contributed by atoms with van der Waals surface area (Å²) in [6.45, 7) is 5.73. The van der Waals surface area contributed by atoms with Crippen molar-refractivity contribution >= 4 is 17.7 Å². The van der Waals surface area contributed by atoms with Crippen LogP contribution >= 0.6 is 11.8 Å². The molecule has 0 saturated carbocycles. The highest BCUT2D eigenvalue weighted by atomic mass is 32.2. The molecule has 1 amide bonds. The molecule has 0 unspecified atom stereocenters. The number of hydrogen-bond acceptors (Lipinski definition) is 2. The van der Waals surface area contributed by atoms with Gasteiger partial charge in [0.25, 0.3) is 0 Å². The van der Waals surface area contributed by atoms with Gasteiger partial charge in [-0.2, -0.15) is 0 Å². The van der Waals surface area contributed by atoms with Gasteiger partial charge >= 0.3 is 0 Å². The predicted octanol–water partition coefficient (Wildman–Crippen LogP) is 3.36. The summed E-state index contributed by atoms with van der Waals surface area (Å²) in [5.74, 6) is -1.23. The van der Waals surface area contributed by atoms with E-state index in [0.717, 1.165) is 12.1 Å². The van der Waals surface area contributed by atoms with Crippen LogP contribution in [0.1, 0.15) is 27.2 Å². The number of amides is 1. The van der Waals surface area contributed by atoms with Crippen LogP contribution < -0.4 is 5.32 Å². The Hall–Kier alpha value is -1.10. The van der Waals surface area contributed by atoms with E-state index in [2.05, 4.69) is 5.32 Å². The second-order valence-electron chi connectivity index (χ2n) is 4.97. The van der Waals surface area contributed by atoms with Gasteiger partial charge in [-0.15, -0.1) is 11.8 Å². The van der Waals surface area contributed by atoms with Gasteiger partial charge in [0.1, 0.15) is 0 Å². The first-order valence-electron chi connectivity index (χ1n) is 5.67. The minimum absolute atomic E-state index is 0.0439. The van der Waals surface area contributed by atoms with Gasteiger partial charge in [0, 0.05) is 22.6 Å². The number of carbonyl (C=O) groups excluding carboxylic acids is 1. The molecule has 0 saturated heterocycles. The molecule has 0 atom stereocenters. The molecule has 1 aromatic carbocycles. The van der Waals surface area contributed by atoms with Crippen molar-refractivity contribution in [3.05, 3.63) is 29.8 Å². The Bertz CT molecular complexity index is 429. The zero-order valence-corrected chi connectivity index (χ0v) is 11.5. The molecule has 0 aromatic heterocycles. The van der Waals surface area contributed by atoms with Gasteiger partial charge in [0.2, 0.25) is 5.91 Å². The van der Waals surface area contributed by atoms with Crippen LogP contribution in [-0.2, 0) is 4.79 Å². The summed E-state index contributed by atoms with van der Waals surface area (Å²) in [6, 6.07) is 3.74. The smallest absolute Gasteiger partial charge is 0.221 e. The Morgan fingerprint density at radius 1 is 1.28 bits per heavy atom. The highest BCUT2D eigenvalue weighted by molar-refractivity contribution is 7.99. The highest BCUT2D eigenvalue weighted by Gasteiger charge is 2.13. The lowest BCUT2D eigenvalue weighted by Gasteiger charge is -2.20. The molecule has 0 aliphatic carbocycles. The van der Waals surface area contributed by atoms with Crippen LogP contribution in [0.15, 0.2) is 23.1 Å². The number of carbonyl (C=O) groups is 1. The van der Waals surface area contributed by atoms with Gasteiger partial charge in [-0.05, 0) is 39.0 Å². The van der Waals surface area contributed by atoms with Crippen molar-refractivity contribution < 1.29 is 13.6 Å². The van der Waals surface area contributed by atoms with Crippen LogP contribution in [0.4, 0.5) is 8.78 Å². The van der Waals surface area contributed by atoms with Crippen molar-refractivity contribution in [2.75, 3.05) is 5.75 Å². The predicted molar refractivity (Wildman–Crippen MR) is 69.6 cm³/mol. The SMILES string of the molecule is CC(C)(C)NC(=O)CCSc1ccc(F)c(F)c1. The minimum Gasteiger partial charge on any atom is -0.351 e. The van der Waals surface area contributed by atoms with E-state index in [1.807, 2.05) is 20.8 Å². The average molecular weight is 273 g/mol. The largest absolute Gasteiger partial charge is 0.351 e. The average Bonchev–Trinajstić information content (AvgIpc) is 2.20. The van der Waals surface area contributed by atoms with Gasteiger partial charge in [-0.3, -0.25) is 4.79 Å². The number of rotatable bonds is 4. The third-order valence-electron chi connectivity index (χ3n) is 2.00. The fourth-order valence-electron chi connectivity index (χ4n) is 1.31. The number of nitrogens with one attached hydrogen (secondary N) is 1. The maximum Gasteiger partial charge on any atom is 0.221 e. The molecule has 100 valence electrons. The zero-order chi connectivity index (χ0) is 13.8. The quantitative estimate of drug-likeness (QED) is 0.852. The van der Waals surface area contributed by atoms with Crippen LogP contribution in [0.25, 0.3) is 0 Å². The van der Waals surface area contributed by atoms with E-state index in [0.29, 0.717) is 17.1 Å². The number of hydrogen-bond donors (Lipinski definition) is 1. The molecule has 18 heavy (non-hydrogen) atoms. The number of thioether (sulfide) groups is 1. The fraction of sp³-hybridized carbons (Fsp3) is 0.462. The zero-order valence-electron chi connectivity index (χ0n) is 10.7. The maximum absolute atomic E-state index is 12.9. The van der Waals surface area contributed by atoms with Crippen LogP contribution in [0.5, 0.6) is 0 Å². The Kier molecular flexibility index (Phi) is 5.14. The normalized spacial score (nSPS) is 11.4. The van der Waals surface area contributed by atoms with E-state index in [1.165, 1.54) is 17.8 Å². The van der Waals surface area contributed by atoms with Crippen LogP contribution in [-0.4, -0.2) is 17.2 Å². The van der Waals surface area contributed by atoms with E-state index >= 15 is 0 Å². The molecular formula is C13H17F2NOS. The molecule has 0 aliphatic rings. The molecule has 1 aromatic rings. The van der Waals surface area contributed by atoms with Crippen LogP contribution in [0.3, 0.4) is 0 Å². The molecule has 5 heteroatoms. The summed E-state index contributed by atoms with van der Waals surface area (Å²) in [5.41, 5.74) is -0.246. The molecule has 0 fully saturated rings. The van der Waals surface area contributed by atoms with Gasteiger partial charge in [-0.1, -0.05) is 0 Å². The topological polar surface area (TPSA) is 29.1 Å². The Labute approximate surface area is 110 Å². The van der Waals surface area contributed by atoms with E-state index in [9.17, 15) is 13.6 Å². The molecule has 0 spiro atoms. The molecule has 1 rings (SSSR count). The lowest BCUT2D eigenvalue weighted by molar-refractivity contribution is -0.122. The highest BCUT2D eigenvalue weighted by Crippen LogP contribution is 2.21. The van der Waals surface area contributed by atoms with Crippen molar-refractivity contribution in [1.29, 1.82) is 0 Å². The standard InChI is InChI=1S/C13H17F2NOS/c1-13(2,3)16-12(17)6-7-18-9-4-5-10(14)11(15)8-9/h4-5,8H,6-7H2,1-3H3,(H,16,17). The second kappa shape index (κ2) is 6.18. The molecule has 0 radical (unpaired) electrons. The minimum atomic E-state index is -0.862. The molecule has 0 aliphatic heterocycles. The first-order valence-corrected chi connectivity index (χ1v) is 6.65. The van der Waals surface area contributed by atoms with E-state index in [-0.39, 0.29) is 11.4 Å². The first kappa shape index (κ1) is 15.0. The molecular weight excluding hydrogens is 256 g/mol. The summed E-state index contributed by atoms with van der Waals surface area (Å²) in [6.07, 6.45) is 0.348. The van der Waals surface area contributed by atoms with Gasteiger partial charge in [0.15, 0.2) is 11.6 Å². The van der Waals surface area contributed by atoms with Crippen LogP contribution in [0, 0.1) is 11.6 Å². The Balaban J connectivity index is 2.38. The van der Waals surface area contributed by atoms with E-state index in [1.54, 1.807) is 0 Å². The molecule has 2 nitrogen and oxygen atoms in total. The van der Waals surface area contributed by atoms with Crippen molar-refractivity contribution in [3.63, 3.8) is 0 Å². The monoisotopic (exact) mass is 273 g/mol. The van der Waals surface area contributed by atoms with Crippen molar-refractivity contribution in [1.82, 2.24) is 5.32 Å². The maximum atomic E-state index is 12.9. The second-order valence-corrected chi connectivity index (χ2v) is 6.14. The van der Waals surface area contributed by atoms with Crippen molar-refractivity contribution in [2.24, 2.45) is 0 Å². The Morgan fingerprint density at radius 2 is 1.94 bits per heavy atom. The Morgan fingerprint density at radius 3 is 2.50 bits per heavy atom. The van der Waals surface area contributed by atoms with Gasteiger partial charge < -0.3 is 5.32 Å². The lowest BCUT2D eigenvalue weighted by atomic mass is 10.1. The summed E-state index contributed by atoms with van der Waals surface area (Å²) in [4.78, 5) is 12.1. The van der Waals surface area contributed by atoms with Gasteiger partial charge in [-0.25, -0.2) is 8.78 Å². The third kappa shape index (κ3) is 5.49. The number of benzene rings is 1. The summed E-state index contributed by atoms with van der Waals surface area (Å²) < 4.78 is 25.6. The number of halogens is 2. The van der Waals surface area contributed by atoms with Gasteiger partial charge in [0.05, 0.1) is 0 Å². The van der Waals surface area contributed by atoms with E-state index in [4.69, 9.17) is 0 Å². The fourth-order valence-corrected chi connectivity index (χ4v) is 2.18. The summed E-state index contributed by atoms with van der Waals surface area (Å²) >= 11 is 1.33. The first-order chi connectivity index (χ1) is 8.28. The summed E-state index contributed by atoms with van der Waals surface area (Å²) in [5, 5.41) is 2.84. The lowest BCUT2D eigenvalue weighted by Crippen LogP contribution is -2.40. The van der Waals surface area contributed by atoms with E-state index < -0.39 is 11.6 Å². The molecule has 1 N–H and O–H groups in total. The third-order valence-corrected chi connectivity index (χ3v) is 3.00.